The molecule has 5 atom stereocenters. The van der Waals surface area contributed by atoms with E-state index in [1.165, 1.54) is 29.0 Å². The lowest BCUT2D eigenvalue weighted by Gasteiger charge is -2.33. The molecule has 0 radical (unpaired) electrons. The Morgan fingerprint density at radius 1 is 0.968 bits per heavy atom. The van der Waals surface area contributed by atoms with E-state index < -0.39 is 5.60 Å². The first kappa shape index (κ1) is 21.0. The van der Waals surface area contributed by atoms with E-state index in [2.05, 4.69) is 78.3 Å². The maximum Gasteiger partial charge on any atom is 0.306 e. The van der Waals surface area contributed by atoms with Crippen LogP contribution in [0.25, 0.3) is 21.5 Å². The van der Waals surface area contributed by atoms with Crippen LogP contribution in [0.5, 0.6) is 0 Å². The van der Waals surface area contributed by atoms with Gasteiger partial charge in [0, 0.05) is 16.5 Å². The lowest BCUT2D eigenvalue weighted by Crippen LogP contribution is -2.30. The molecule has 5 unspecified atom stereocenters. The highest BCUT2D eigenvalue weighted by molar-refractivity contribution is 9.10. The van der Waals surface area contributed by atoms with Crippen LogP contribution in [0.3, 0.4) is 0 Å². The molecule has 0 heterocycles. The molecule has 0 N–H and O–H groups in total. The number of halogens is 1. The van der Waals surface area contributed by atoms with E-state index in [-0.39, 0.29) is 5.97 Å². The Labute approximate surface area is 193 Å². The Bertz CT molecular complexity index is 1160. The highest BCUT2D eigenvalue weighted by Gasteiger charge is 2.49. The fourth-order valence-corrected chi connectivity index (χ4v) is 7.40. The maximum absolute atomic E-state index is 13.0. The van der Waals surface area contributed by atoms with Crippen LogP contribution in [0, 0.1) is 29.6 Å². The summed E-state index contributed by atoms with van der Waals surface area (Å²) < 4.78 is 7.11. The van der Waals surface area contributed by atoms with Gasteiger partial charge >= 0.3 is 5.97 Å². The third kappa shape index (κ3) is 3.50. The summed E-state index contributed by atoms with van der Waals surface area (Å²) in [4.78, 5) is 13.0. The largest absolute Gasteiger partial charge is 0.455 e. The quantitative estimate of drug-likeness (QED) is 0.281. The Kier molecular flexibility index (Phi) is 5.16. The molecule has 0 saturated heterocycles. The maximum atomic E-state index is 13.0. The van der Waals surface area contributed by atoms with E-state index in [9.17, 15) is 4.79 Å². The van der Waals surface area contributed by atoms with Gasteiger partial charge in [-0.3, -0.25) is 4.79 Å². The standard InChI is InChI=1S/C28H31BrO2/c1-16-17(2)24-14-19(16)13-20(24)15-26(30)31-28(3,4)25-12-11-22-21-8-6-5-7-18(21)9-10-23(22)27(25)29/h5-12,16-17,19-20,24H,13-15H2,1-4H3. The number of esters is 1. The first-order chi connectivity index (χ1) is 14.8. The summed E-state index contributed by atoms with van der Waals surface area (Å²) in [6, 6.07) is 17.0. The number of hydrogen-bond donors (Lipinski definition) is 0. The summed E-state index contributed by atoms with van der Waals surface area (Å²) in [5.41, 5.74) is 0.324. The van der Waals surface area contributed by atoms with Crippen molar-refractivity contribution < 1.29 is 9.53 Å². The predicted octanol–water partition coefficient (Wildman–Crippen LogP) is 7.85. The van der Waals surface area contributed by atoms with E-state index in [1.807, 2.05) is 13.8 Å². The van der Waals surface area contributed by atoms with E-state index in [0.29, 0.717) is 18.3 Å². The summed E-state index contributed by atoms with van der Waals surface area (Å²) in [5, 5.41) is 4.83. The van der Waals surface area contributed by atoms with Gasteiger partial charge in [0.15, 0.2) is 0 Å². The van der Waals surface area contributed by atoms with Crippen LogP contribution < -0.4 is 0 Å². The Morgan fingerprint density at radius 2 is 1.71 bits per heavy atom. The van der Waals surface area contributed by atoms with Crippen molar-refractivity contribution in [3.05, 3.63) is 58.6 Å². The minimum absolute atomic E-state index is 0.0621. The summed E-state index contributed by atoms with van der Waals surface area (Å²) >= 11 is 3.83. The number of carbonyl (C=O) groups excluding carboxylic acids is 1. The highest BCUT2D eigenvalue weighted by Crippen LogP contribution is 2.56. The third-order valence-corrected chi connectivity index (χ3v) is 9.20. The van der Waals surface area contributed by atoms with Gasteiger partial charge in [-0.2, -0.15) is 0 Å². The van der Waals surface area contributed by atoms with Gasteiger partial charge in [-0.15, -0.1) is 0 Å². The molecule has 2 saturated carbocycles. The summed E-state index contributed by atoms with van der Waals surface area (Å²) in [5.74, 6) is 3.46. The normalized spacial score (nSPS) is 27.8. The van der Waals surface area contributed by atoms with Crippen LogP contribution >= 0.6 is 15.9 Å². The number of hydrogen-bond acceptors (Lipinski definition) is 2. The van der Waals surface area contributed by atoms with Gasteiger partial charge in [-0.1, -0.05) is 62.4 Å². The third-order valence-electron chi connectivity index (χ3n) is 8.34. The molecule has 2 fully saturated rings. The minimum atomic E-state index is -0.688. The van der Waals surface area contributed by atoms with Crippen LogP contribution in [0.4, 0.5) is 0 Å². The van der Waals surface area contributed by atoms with Gasteiger partial charge in [0.05, 0.1) is 0 Å². The average molecular weight is 479 g/mol. The zero-order chi connectivity index (χ0) is 21.9. The molecule has 3 aromatic carbocycles. The topological polar surface area (TPSA) is 26.3 Å². The lowest BCUT2D eigenvalue weighted by molar-refractivity contribution is -0.159. The van der Waals surface area contributed by atoms with E-state index in [4.69, 9.17) is 4.74 Å². The Morgan fingerprint density at radius 3 is 2.45 bits per heavy atom. The minimum Gasteiger partial charge on any atom is -0.455 e. The fourth-order valence-electron chi connectivity index (χ4n) is 6.44. The second kappa shape index (κ2) is 7.62. The van der Waals surface area contributed by atoms with Crippen LogP contribution in [0.2, 0.25) is 0 Å². The summed E-state index contributed by atoms with van der Waals surface area (Å²) in [6.07, 6.45) is 3.05. The second-order valence-electron chi connectivity index (χ2n) is 10.4. The molecular formula is C28H31BrO2. The molecule has 5 rings (SSSR count). The summed E-state index contributed by atoms with van der Waals surface area (Å²) in [6.45, 7) is 8.76. The number of rotatable bonds is 4. The van der Waals surface area contributed by atoms with Crippen molar-refractivity contribution in [2.24, 2.45) is 29.6 Å². The SMILES string of the molecule is CC1C2CC(CC(=O)OC(C)(C)c3ccc4c(ccc5ccccc54)c3Br)C(C2)C1C. The molecule has 2 bridgehead atoms. The summed E-state index contributed by atoms with van der Waals surface area (Å²) in [7, 11) is 0. The van der Waals surface area contributed by atoms with Crippen molar-refractivity contribution in [3.63, 3.8) is 0 Å². The molecule has 0 amide bonds. The molecule has 2 aliphatic rings. The van der Waals surface area contributed by atoms with Crippen LogP contribution in [-0.2, 0) is 15.1 Å². The Hall–Kier alpha value is -1.87. The number of fused-ring (bicyclic) bond motifs is 5. The number of benzene rings is 3. The lowest BCUT2D eigenvalue weighted by atomic mass is 9.74. The van der Waals surface area contributed by atoms with Crippen molar-refractivity contribution in [1.82, 2.24) is 0 Å². The van der Waals surface area contributed by atoms with E-state index >= 15 is 0 Å². The van der Waals surface area contributed by atoms with Gasteiger partial charge < -0.3 is 4.74 Å². The zero-order valence-corrected chi connectivity index (χ0v) is 20.4. The molecule has 3 heteroatoms. The predicted molar refractivity (Wildman–Crippen MR) is 131 cm³/mol. The van der Waals surface area contributed by atoms with Crippen molar-refractivity contribution in [3.8, 4) is 0 Å². The molecule has 0 spiro atoms. The van der Waals surface area contributed by atoms with Crippen LogP contribution in [0.15, 0.2) is 53.0 Å². The molecule has 2 aliphatic carbocycles. The number of ether oxygens (including phenoxy) is 1. The van der Waals surface area contributed by atoms with Crippen molar-refractivity contribution in [2.45, 2.75) is 52.6 Å². The molecule has 162 valence electrons. The number of carbonyl (C=O) groups is 1. The Balaban J connectivity index is 1.38. The van der Waals surface area contributed by atoms with Crippen molar-refractivity contribution >= 4 is 43.4 Å². The van der Waals surface area contributed by atoms with Crippen LogP contribution in [-0.4, -0.2) is 5.97 Å². The van der Waals surface area contributed by atoms with Gasteiger partial charge in [0.25, 0.3) is 0 Å². The second-order valence-corrected chi connectivity index (χ2v) is 11.2. The molecule has 0 aliphatic heterocycles. The molecule has 2 nitrogen and oxygen atoms in total. The first-order valence-corrected chi connectivity index (χ1v) is 12.4. The van der Waals surface area contributed by atoms with E-state index in [1.54, 1.807) is 0 Å². The molecular weight excluding hydrogens is 448 g/mol. The van der Waals surface area contributed by atoms with Crippen molar-refractivity contribution in [1.29, 1.82) is 0 Å². The highest BCUT2D eigenvalue weighted by atomic mass is 79.9. The average Bonchev–Trinajstić information content (AvgIpc) is 3.26. The molecule has 31 heavy (non-hydrogen) atoms. The smallest absolute Gasteiger partial charge is 0.306 e. The first-order valence-electron chi connectivity index (χ1n) is 11.6. The van der Waals surface area contributed by atoms with Crippen LogP contribution in [0.1, 0.15) is 52.5 Å². The zero-order valence-electron chi connectivity index (χ0n) is 18.8. The monoisotopic (exact) mass is 478 g/mol. The van der Waals surface area contributed by atoms with Crippen molar-refractivity contribution in [2.75, 3.05) is 0 Å². The fraction of sp³-hybridized carbons (Fsp3) is 0.464. The van der Waals surface area contributed by atoms with Gasteiger partial charge in [-0.25, -0.2) is 0 Å². The molecule has 0 aromatic heterocycles. The van der Waals surface area contributed by atoms with Gasteiger partial charge in [0.2, 0.25) is 0 Å². The molecule has 3 aromatic rings. The van der Waals surface area contributed by atoms with Gasteiger partial charge in [-0.05, 0) is 93.8 Å². The van der Waals surface area contributed by atoms with Gasteiger partial charge in [0.1, 0.15) is 5.60 Å². The van der Waals surface area contributed by atoms with E-state index in [0.717, 1.165) is 33.2 Å².